The van der Waals surface area contributed by atoms with Crippen LogP contribution in [0.3, 0.4) is 0 Å². The monoisotopic (exact) mass is 474 g/mol. The molecule has 0 aliphatic carbocycles. The van der Waals surface area contributed by atoms with Crippen LogP contribution in [-0.2, 0) is 14.8 Å². The van der Waals surface area contributed by atoms with Crippen molar-refractivity contribution in [2.45, 2.75) is 11.8 Å². The Morgan fingerprint density at radius 2 is 1.69 bits per heavy atom. The van der Waals surface area contributed by atoms with Crippen molar-refractivity contribution in [3.63, 3.8) is 0 Å². The van der Waals surface area contributed by atoms with Crippen LogP contribution in [0.5, 0.6) is 5.75 Å². The van der Waals surface area contributed by atoms with Gasteiger partial charge < -0.3 is 10.1 Å². The third kappa shape index (κ3) is 6.32. The van der Waals surface area contributed by atoms with Gasteiger partial charge in [0.25, 0.3) is 10.0 Å². The number of ether oxygens (including phenoxy) is 1. The molecule has 9 heteroatoms. The van der Waals surface area contributed by atoms with Crippen molar-refractivity contribution in [3.8, 4) is 5.75 Å². The van der Waals surface area contributed by atoms with Gasteiger partial charge in [0.1, 0.15) is 16.5 Å². The van der Waals surface area contributed by atoms with Crippen LogP contribution in [0, 0.1) is 5.82 Å². The molecule has 2 N–H and O–H groups in total. The van der Waals surface area contributed by atoms with Crippen molar-refractivity contribution in [2.75, 3.05) is 16.6 Å². The van der Waals surface area contributed by atoms with Gasteiger partial charge in [-0.1, -0.05) is 23.7 Å². The number of carbonyl (C=O) groups is 1. The van der Waals surface area contributed by atoms with Crippen LogP contribution in [0.25, 0.3) is 6.08 Å². The Morgan fingerprint density at radius 1 is 1.03 bits per heavy atom. The summed E-state index contributed by atoms with van der Waals surface area (Å²) in [4.78, 5) is 12.0. The number of amides is 1. The number of halogens is 2. The highest BCUT2D eigenvalue weighted by Gasteiger charge is 2.19. The van der Waals surface area contributed by atoms with E-state index in [0.29, 0.717) is 23.6 Å². The van der Waals surface area contributed by atoms with Crippen molar-refractivity contribution in [2.24, 2.45) is 0 Å². The van der Waals surface area contributed by atoms with Crippen molar-refractivity contribution in [3.05, 3.63) is 89.2 Å². The van der Waals surface area contributed by atoms with Gasteiger partial charge in [-0.25, -0.2) is 12.8 Å². The molecule has 1 amide bonds. The molecular formula is C23H20ClFN2O4S. The van der Waals surface area contributed by atoms with E-state index in [0.717, 1.165) is 0 Å². The van der Waals surface area contributed by atoms with Crippen LogP contribution in [-0.4, -0.2) is 20.9 Å². The average molecular weight is 475 g/mol. The molecule has 0 spiro atoms. The lowest BCUT2D eigenvalue weighted by atomic mass is 10.2. The smallest absolute Gasteiger partial charge is 0.263 e. The maximum Gasteiger partial charge on any atom is 0.263 e. The first kappa shape index (κ1) is 23.3. The van der Waals surface area contributed by atoms with Crippen LogP contribution < -0.4 is 14.8 Å². The molecule has 0 aliphatic heterocycles. The van der Waals surface area contributed by atoms with Gasteiger partial charge in [0.2, 0.25) is 5.91 Å². The maximum absolute atomic E-state index is 13.0. The van der Waals surface area contributed by atoms with Crippen molar-refractivity contribution < 1.29 is 22.3 Å². The van der Waals surface area contributed by atoms with E-state index in [1.54, 1.807) is 24.3 Å². The number of anilines is 2. The summed E-state index contributed by atoms with van der Waals surface area (Å²) in [6, 6.07) is 16.2. The normalized spacial score (nSPS) is 11.3. The minimum absolute atomic E-state index is 0.00305. The third-order valence-electron chi connectivity index (χ3n) is 4.20. The van der Waals surface area contributed by atoms with E-state index in [1.807, 2.05) is 6.92 Å². The van der Waals surface area contributed by atoms with Gasteiger partial charge in [-0.15, -0.1) is 0 Å². The molecule has 32 heavy (non-hydrogen) atoms. The van der Waals surface area contributed by atoms with Gasteiger partial charge >= 0.3 is 0 Å². The molecule has 0 aromatic heterocycles. The zero-order valence-corrected chi connectivity index (χ0v) is 18.6. The molecule has 0 radical (unpaired) electrons. The highest BCUT2D eigenvalue weighted by atomic mass is 35.5. The largest absolute Gasteiger partial charge is 0.494 e. The molecule has 0 saturated heterocycles. The van der Waals surface area contributed by atoms with Crippen molar-refractivity contribution in [1.82, 2.24) is 0 Å². The Bertz CT molecular complexity index is 1230. The lowest BCUT2D eigenvalue weighted by Crippen LogP contribution is -2.14. The maximum atomic E-state index is 13.0. The van der Waals surface area contributed by atoms with Crippen LogP contribution in [0.2, 0.25) is 5.02 Å². The first-order valence-electron chi connectivity index (χ1n) is 9.57. The molecule has 0 bridgehead atoms. The SMILES string of the molecule is CCOc1ccc(NS(=O)(=O)c2cc(NC(=O)/C=C/c3ccc(F)cc3)ccc2Cl)cc1. The second kappa shape index (κ2) is 10.3. The van der Waals surface area contributed by atoms with Crippen LogP contribution in [0.1, 0.15) is 12.5 Å². The van der Waals surface area contributed by atoms with Crippen LogP contribution in [0.4, 0.5) is 15.8 Å². The summed E-state index contributed by atoms with van der Waals surface area (Å²) in [6.45, 7) is 2.35. The number of hydrogen-bond acceptors (Lipinski definition) is 4. The molecule has 166 valence electrons. The van der Waals surface area contributed by atoms with Gasteiger partial charge in [0.05, 0.1) is 11.6 Å². The van der Waals surface area contributed by atoms with E-state index in [-0.39, 0.29) is 21.4 Å². The molecule has 3 rings (SSSR count). The predicted molar refractivity (Wildman–Crippen MR) is 124 cm³/mol. The number of nitrogens with one attached hydrogen (secondary N) is 2. The molecule has 0 aliphatic rings. The molecular weight excluding hydrogens is 455 g/mol. The lowest BCUT2D eigenvalue weighted by Gasteiger charge is -2.12. The quantitative estimate of drug-likeness (QED) is 0.432. The second-order valence-electron chi connectivity index (χ2n) is 6.58. The van der Waals surface area contributed by atoms with Crippen molar-refractivity contribution >= 4 is 45.0 Å². The summed E-state index contributed by atoms with van der Waals surface area (Å²) in [5.74, 6) is -0.244. The van der Waals surface area contributed by atoms with Crippen LogP contribution in [0.15, 0.2) is 77.7 Å². The Labute approximate surface area is 190 Å². The Hall–Kier alpha value is -3.36. The Morgan fingerprint density at radius 3 is 2.34 bits per heavy atom. The second-order valence-corrected chi connectivity index (χ2v) is 8.64. The standard InChI is InChI=1S/C23H20ClFN2O4S/c1-2-31-20-11-8-18(9-12-20)27-32(29,30)22-15-19(10-13-21(22)24)26-23(28)14-5-16-3-6-17(25)7-4-16/h3-15,27H,2H2,1H3,(H,26,28)/b14-5+. The molecule has 0 fully saturated rings. The summed E-state index contributed by atoms with van der Waals surface area (Å²) in [5, 5.41) is 2.58. The van der Waals surface area contributed by atoms with Gasteiger partial charge in [-0.3, -0.25) is 9.52 Å². The summed E-state index contributed by atoms with van der Waals surface area (Å²) < 4.78 is 46.4. The fourth-order valence-electron chi connectivity index (χ4n) is 2.71. The summed E-state index contributed by atoms with van der Waals surface area (Å²) in [5.41, 5.74) is 1.22. The van der Waals surface area contributed by atoms with E-state index < -0.39 is 15.9 Å². The van der Waals surface area contributed by atoms with E-state index in [1.165, 1.54) is 54.6 Å². The zero-order valence-electron chi connectivity index (χ0n) is 17.0. The number of sulfonamides is 1. The highest BCUT2D eigenvalue weighted by Crippen LogP contribution is 2.27. The van der Waals surface area contributed by atoms with E-state index >= 15 is 0 Å². The predicted octanol–water partition coefficient (Wildman–Crippen LogP) is 5.33. The van der Waals surface area contributed by atoms with Crippen LogP contribution >= 0.6 is 11.6 Å². The summed E-state index contributed by atoms with van der Waals surface area (Å²) in [7, 11) is -4.01. The van der Waals surface area contributed by atoms with E-state index in [4.69, 9.17) is 16.3 Å². The minimum Gasteiger partial charge on any atom is -0.494 e. The average Bonchev–Trinajstić information content (AvgIpc) is 2.76. The summed E-state index contributed by atoms with van der Waals surface area (Å²) in [6.07, 6.45) is 2.77. The fraction of sp³-hybridized carbons (Fsp3) is 0.0870. The molecule has 6 nitrogen and oxygen atoms in total. The number of carbonyl (C=O) groups excluding carboxylic acids is 1. The minimum atomic E-state index is -4.01. The van der Waals surface area contributed by atoms with Gasteiger partial charge in [0.15, 0.2) is 0 Å². The first-order valence-corrected chi connectivity index (χ1v) is 11.4. The van der Waals surface area contributed by atoms with Crippen molar-refractivity contribution in [1.29, 1.82) is 0 Å². The number of benzene rings is 3. The van der Waals surface area contributed by atoms with E-state index in [9.17, 15) is 17.6 Å². The molecule has 0 saturated carbocycles. The molecule has 3 aromatic rings. The zero-order chi connectivity index (χ0) is 23.1. The first-order chi connectivity index (χ1) is 15.3. The summed E-state index contributed by atoms with van der Waals surface area (Å²) >= 11 is 6.11. The third-order valence-corrected chi connectivity index (χ3v) is 6.07. The van der Waals surface area contributed by atoms with Gasteiger partial charge in [-0.2, -0.15) is 0 Å². The van der Waals surface area contributed by atoms with Gasteiger partial charge in [0, 0.05) is 17.5 Å². The molecule has 0 heterocycles. The number of hydrogen-bond donors (Lipinski definition) is 2. The topological polar surface area (TPSA) is 84.5 Å². The Balaban J connectivity index is 1.73. The van der Waals surface area contributed by atoms with Gasteiger partial charge in [-0.05, 0) is 73.2 Å². The molecule has 0 atom stereocenters. The molecule has 3 aromatic carbocycles. The number of rotatable bonds is 8. The lowest BCUT2D eigenvalue weighted by molar-refractivity contribution is -0.111. The molecule has 0 unspecified atom stereocenters. The fourth-order valence-corrected chi connectivity index (χ4v) is 4.30. The highest BCUT2D eigenvalue weighted by molar-refractivity contribution is 7.92. The Kier molecular flexibility index (Phi) is 7.50. The van der Waals surface area contributed by atoms with E-state index in [2.05, 4.69) is 10.0 Å².